The summed E-state index contributed by atoms with van der Waals surface area (Å²) in [5.41, 5.74) is 7.10. The maximum atomic E-state index is 12.2. The Bertz CT molecular complexity index is 651. The summed E-state index contributed by atoms with van der Waals surface area (Å²) >= 11 is 6.28. The molecular weight excluding hydrogens is 304 g/mol. The van der Waals surface area contributed by atoms with Gasteiger partial charge in [-0.2, -0.15) is 0 Å². The minimum atomic E-state index is -0.580. The zero-order valence-corrected chi connectivity index (χ0v) is 13.0. The number of carbonyl (C=O) groups excluding carboxylic acids is 2. The van der Waals surface area contributed by atoms with Gasteiger partial charge in [0.2, 0.25) is 5.91 Å². The van der Waals surface area contributed by atoms with Gasteiger partial charge in [0, 0.05) is 0 Å². The minimum Gasteiger partial charge on any atom is -0.368 e. The number of nitrogens with zero attached hydrogens (tertiary/aromatic N) is 1. The quantitative estimate of drug-likeness (QED) is 0.683. The number of hydrogen-bond donors (Lipinski definition) is 1. The molecule has 0 radical (unpaired) electrons. The highest BCUT2D eigenvalue weighted by Crippen LogP contribution is 2.31. The number of carbonyl (C=O) groups is 2. The van der Waals surface area contributed by atoms with Gasteiger partial charge in [-0.1, -0.05) is 60.4 Å². The molecule has 1 fully saturated rings. The molecule has 0 spiro atoms. The highest BCUT2D eigenvalue weighted by molar-refractivity contribution is 8.26. The van der Waals surface area contributed by atoms with Crippen LogP contribution in [0, 0.1) is 0 Å². The number of rotatable bonds is 4. The third kappa shape index (κ3) is 4.03. The number of thioether (sulfide) groups is 1. The molecule has 0 bridgehead atoms. The van der Waals surface area contributed by atoms with Gasteiger partial charge in [-0.25, -0.2) is 0 Å². The summed E-state index contributed by atoms with van der Waals surface area (Å²) < 4.78 is 0.359. The SMILES string of the molecule is CC(/C=C1\SC(=S)N(CC(N)=O)C1=O)=C\c1ccccc1. The van der Waals surface area contributed by atoms with Crippen molar-refractivity contribution in [1.82, 2.24) is 4.90 Å². The number of thiocarbonyl (C=S) groups is 1. The summed E-state index contributed by atoms with van der Waals surface area (Å²) in [6, 6.07) is 9.81. The molecule has 0 unspecified atom stereocenters. The molecule has 0 aromatic heterocycles. The molecule has 0 aliphatic carbocycles. The topological polar surface area (TPSA) is 63.4 Å². The average Bonchev–Trinajstić information content (AvgIpc) is 2.67. The van der Waals surface area contributed by atoms with Crippen LogP contribution in [0.2, 0.25) is 0 Å². The van der Waals surface area contributed by atoms with Crippen LogP contribution in [0.4, 0.5) is 0 Å². The van der Waals surface area contributed by atoms with Crippen LogP contribution in [0.1, 0.15) is 12.5 Å². The van der Waals surface area contributed by atoms with Crippen molar-refractivity contribution in [3.05, 3.63) is 52.4 Å². The van der Waals surface area contributed by atoms with E-state index in [-0.39, 0.29) is 12.5 Å². The number of hydrogen-bond acceptors (Lipinski definition) is 4. The summed E-state index contributed by atoms with van der Waals surface area (Å²) in [5.74, 6) is -0.853. The monoisotopic (exact) mass is 318 g/mol. The van der Waals surface area contributed by atoms with Gasteiger partial charge in [0.15, 0.2) is 0 Å². The van der Waals surface area contributed by atoms with E-state index in [4.69, 9.17) is 18.0 Å². The fourth-order valence-electron chi connectivity index (χ4n) is 1.85. The molecule has 1 saturated heterocycles. The van der Waals surface area contributed by atoms with Gasteiger partial charge in [0.25, 0.3) is 5.91 Å². The summed E-state index contributed by atoms with van der Waals surface area (Å²) in [5, 5.41) is 0. The molecular formula is C15H14N2O2S2. The van der Waals surface area contributed by atoms with E-state index in [1.54, 1.807) is 6.08 Å². The molecule has 0 saturated carbocycles. The van der Waals surface area contributed by atoms with E-state index in [1.807, 2.05) is 43.3 Å². The fourth-order valence-corrected chi connectivity index (χ4v) is 3.16. The third-order valence-corrected chi connectivity index (χ3v) is 4.12. The fraction of sp³-hybridized carbons (Fsp3) is 0.133. The first kappa shape index (κ1) is 15.5. The van der Waals surface area contributed by atoms with Crippen LogP contribution in [0.5, 0.6) is 0 Å². The van der Waals surface area contributed by atoms with Crippen molar-refractivity contribution in [1.29, 1.82) is 0 Å². The van der Waals surface area contributed by atoms with Crippen molar-refractivity contribution in [2.75, 3.05) is 6.54 Å². The van der Waals surface area contributed by atoms with Crippen LogP contribution < -0.4 is 5.73 Å². The normalized spacial score (nSPS) is 17.7. The lowest BCUT2D eigenvalue weighted by molar-refractivity contribution is -0.127. The van der Waals surface area contributed by atoms with E-state index in [9.17, 15) is 9.59 Å². The molecule has 108 valence electrons. The van der Waals surface area contributed by atoms with Crippen LogP contribution in [0.25, 0.3) is 6.08 Å². The van der Waals surface area contributed by atoms with Gasteiger partial charge in [-0.05, 0) is 24.1 Å². The zero-order chi connectivity index (χ0) is 15.4. The second-order valence-corrected chi connectivity index (χ2v) is 6.21. The molecule has 1 aliphatic heterocycles. The lowest BCUT2D eigenvalue weighted by atomic mass is 10.1. The summed E-state index contributed by atoms with van der Waals surface area (Å²) in [4.78, 5) is 24.8. The second-order valence-electron chi connectivity index (χ2n) is 4.53. The van der Waals surface area contributed by atoms with Crippen molar-refractivity contribution in [3.63, 3.8) is 0 Å². The average molecular weight is 318 g/mol. The van der Waals surface area contributed by atoms with Crippen molar-refractivity contribution in [3.8, 4) is 0 Å². The van der Waals surface area contributed by atoms with E-state index in [2.05, 4.69) is 0 Å². The smallest absolute Gasteiger partial charge is 0.266 e. The van der Waals surface area contributed by atoms with Crippen molar-refractivity contribution in [2.45, 2.75) is 6.92 Å². The number of primary amides is 1. The summed E-state index contributed by atoms with van der Waals surface area (Å²) in [7, 11) is 0. The van der Waals surface area contributed by atoms with Gasteiger partial charge in [-0.15, -0.1) is 0 Å². The first-order valence-electron chi connectivity index (χ1n) is 6.24. The van der Waals surface area contributed by atoms with Crippen LogP contribution in [-0.4, -0.2) is 27.6 Å². The molecule has 2 amide bonds. The van der Waals surface area contributed by atoms with Crippen molar-refractivity contribution < 1.29 is 9.59 Å². The Balaban J connectivity index is 2.18. The summed E-state index contributed by atoms with van der Waals surface area (Å²) in [6.07, 6.45) is 3.74. The van der Waals surface area contributed by atoms with Gasteiger partial charge >= 0.3 is 0 Å². The van der Waals surface area contributed by atoms with E-state index in [0.29, 0.717) is 9.23 Å². The Kier molecular flexibility index (Phi) is 4.93. The lowest BCUT2D eigenvalue weighted by Gasteiger charge is -2.10. The van der Waals surface area contributed by atoms with Crippen molar-refractivity contribution in [2.24, 2.45) is 5.73 Å². The maximum absolute atomic E-state index is 12.2. The molecule has 2 N–H and O–H groups in total. The first-order chi connectivity index (χ1) is 9.97. The van der Waals surface area contributed by atoms with Gasteiger partial charge < -0.3 is 5.73 Å². The van der Waals surface area contributed by atoms with E-state index in [1.165, 1.54) is 16.7 Å². The molecule has 1 heterocycles. The Labute approximate surface area is 132 Å². The predicted octanol–water partition coefficient (Wildman–Crippen LogP) is 2.32. The standard InChI is InChI=1S/C15H14N2O2S2/c1-10(7-11-5-3-2-4-6-11)8-12-14(19)17(9-13(16)18)15(20)21-12/h2-8H,9H2,1H3,(H2,16,18)/b10-7+,12-8-. The number of allylic oxidation sites excluding steroid dienone is 2. The van der Waals surface area contributed by atoms with Gasteiger partial charge in [0.1, 0.15) is 10.9 Å². The molecule has 2 rings (SSSR count). The number of benzene rings is 1. The third-order valence-electron chi connectivity index (χ3n) is 2.74. The van der Waals surface area contributed by atoms with Gasteiger partial charge in [-0.3, -0.25) is 14.5 Å². The number of nitrogens with two attached hydrogens (primary N) is 1. The minimum absolute atomic E-state index is 0.177. The maximum Gasteiger partial charge on any atom is 0.266 e. The Morgan fingerprint density at radius 2 is 2.05 bits per heavy atom. The highest BCUT2D eigenvalue weighted by Gasteiger charge is 2.32. The Hall–Kier alpha value is -1.92. The second kappa shape index (κ2) is 6.69. The van der Waals surface area contributed by atoms with Crippen LogP contribution in [0.3, 0.4) is 0 Å². The van der Waals surface area contributed by atoms with Crippen LogP contribution in [-0.2, 0) is 9.59 Å². The van der Waals surface area contributed by atoms with E-state index < -0.39 is 5.91 Å². The van der Waals surface area contributed by atoms with E-state index >= 15 is 0 Å². The highest BCUT2D eigenvalue weighted by atomic mass is 32.2. The number of amides is 2. The van der Waals surface area contributed by atoms with E-state index in [0.717, 1.165) is 11.1 Å². The molecule has 1 aromatic rings. The van der Waals surface area contributed by atoms with Crippen LogP contribution >= 0.6 is 24.0 Å². The Morgan fingerprint density at radius 1 is 1.38 bits per heavy atom. The molecule has 0 atom stereocenters. The molecule has 4 nitrogen and oxygen atoms in total. The zero-order valence-electron chi connectivity index (χ0n) is 11.4. The largest absolute Gasteiger partial charge is 0.368 e. The van der Waals surface area contributed by atoms with Crippen LogP contribution in [0.15, 0.2) is 46.9 Å². The molecule has 1 aromatic carbocycles. The molecule has 1 aliphatic rings. The predicted molar refractivity (Wildman–Crippen MR) is 89.3 cm³/mol. The lowest BCUT2D eigenvalue weighted by Crippen LogP contribution is -2.36. The summed E-state index contributed by atoms with van der Waals surface area (Å²) in [6.45, 7) is 1.73. The van der Waals surface area contributed by atoms with Gasteiger partial charge in [0.05, 0.1) is 4.91 Å². The molecule has 21 heavy (non-hydrogen) atoms. The van der Waals surface area contributed by atoms with Crippen molar-refractivity contribution >= 4 is 46.2 Å². The molecule has 6 heteroatoms. The Morgan fingerprint density at radius 3 is 2.67 bits per heavy atom. The first-order valence-corrected chi connectivity index (χ1v) is 7.47.